The summed E-state index contributed by atoms with van der Waals surface area (Å²) in [5.74, 6) is -13.0. The van der Waals surface area contributed by atoms with E-state index in [2.05, 4.69) is 5.32 Å². The first-order valence-electron chi connectivity index (χ1n) is 9.95. The third-order valence-corrected chi connectivity index (χ3v) is 7.23. The number of carbonyl (C=O) groups is 2. The number of nitrogens with one attached hydrogen (secondary N) is 2. The fourth-order valence-corrected chi connectivity index (χ4v) is 4.66. The summed E-state index contributed by atoms with van der Waals surface area (Å²) in [5.41, 5.74) is 0.388. The maximum Gasteiger partial charge on any atom is 0.326 e. The van der Waals surface area contributed by atoms with Crippen molar-refractivity contribution in [3.05, 3.63) is 62.9 Å². The Morgan fingerprint density at radius 1 is 1.06 bits per heavy atom. The van der Waals surface area contributed by atoms with Gasteiger partial charge < -0.3 is 10.6 Å². The van der Waals surface area contributed by atoms with E-state index in [0.717, 1.165) is 12.1 Å². The molecule has 2 aromatic rings. The Kier molecular flexibility index (Phi) is 7.60. The maximum absolute atomic E-state index is 13.5. The van der Waals surface area contributed by atoms with Crippen LogP contribution in [0.15, 0.2) is 30.3 Å². The SMILES string of the molecule is Cc1c(Cl)cc(NC(=O)C2C(c3ccc(F)c(Cl)c3)C2(Cl)Cl)cc1C(=O)NCC(F)(F)C(C)(F)F. The summed E-state index contributed by atoms with van der Waals surface area (Å²) in [4.78, 5) is 25.3. The molecule has 0 aromatic heterocycles. The lowest BCUT2D eigenvalue weighted by Gasteiger charge is -2.23. The Labute approximate surface area is 217 Å². The molecule has 0 spiro atoms. The molecule has 3 rings (SSSR count). The average Bonchev–Trinajstić information content (AvgIpc) is 3.32. The van der Waals surface area contributed by atoms with Gasteiger partial charge in [0, 0.05) is 29.1 Å². The molecule has 35 heavy (non-hydrogen) atoms. The van der Waals surface area contributed by atoms with Crippen LogP contribution in [-0.2, 0) is 4.79 Å². The summed E-state index contributed by atoms with van der Waals surface area (Å²) < 4.78 is 65.0. The minimum Gasteiger partial charge on any atom is -0.346 e. The molecule has 1 saturated carbocycles. The first-order chi connectivity index (χ1) is 16.0. The van der Waals surface area contributed by atoms with Crippen LogP contribution in [0, 0.1) is 18.7 Å². The van der Waals surface area contributed by atoms with Gasteiger partial charge in [0.05, 0.1) is 17.5 Å². The van der Waals surface area contributed by atoms with E-state index in [1.807, 2.05) is 0 Å². The second-order valence-corrected chi connectivity index (χ2v) is 10.5. The predicted molar refractivity (Wildman–Crippen MR) is 125 cm³/mol. The van der Waals surface area contributed by atoms with E-state index in [9.17, 15) is 31.5 Å². The summed E-state index contributed by atoms with van der Waals surface area (Å²) >= 11 is 24.4. The molecule has 2 N–H and O–H groups in total. The largest absolute Gasteiger partial charge is 0.346 e. The van der Waals surface area contributed by atoms with Gasteiger partial charge in [-0.1, -0.05) is 29.3 Å². The van der Waals surface area contributed by atoms with Crippen LogP contribution < -0.4 is 10.6 Å². The van der Waals surface area contributed by atoms with Gasteiger partial charge in [0.2, 0.25) is 5.91 Å². The fourth-order valence-electron chi connectivity index (χ4n) is 3.42. The van der Waals surface area contributed by atoms with Crippen LogP contribution in [0.3, 0.4) is 0 Å². The predicted octanol–water partition coefficient (Wildman–Crippen LogP) is 6.99. The third-order valence-electron chi connectivity index (χ3n) is 5.61. The number of carbonyl (C=O) groups excluding carboxylic acids is 2. The van der Waals surface area contributed by atoms with E-state index in [0.29, 0.717) is 5.56 Å². The molecule has 4 nitrogen and oxygen atoms in total. The second kappa shape index (κ2) is 9.57. The molecule has 1 fully saturated rings. The van der Waals surface area contributed by atoms with Crippen LogP contribution in [0.4, 0.5) is 27.6 Å². The number of hydrogen-bond acceptors (Lipinski definition) is 2. The van der Waals surface area contributed by atoms with Crippen molar-refractivity contribution in [3.63, 3.8) is 0 Å². The maximum atomic E-state index is 13.5. The van der Waals surface area contributed by atoms with Crippen molar-refractivity contribution in [1.82, 2.24) is 5.32 Å². The molecule has 1 aliphatic carbocycles. The molecule has 2 atom stereocenters. The number of benzene rings is 2. The monoisotopic (exact) mass is 576 g/mol. The summed E-state index contributed by atoms with van der Waals surface area (Å²) in [5, 5.41) is 4.08. The highest BCUT2D eigenvalue weighted by atomic mass is 35.5. The van der Waals surface area contributed by atoms with Crippen LogP contribution in [0.1, 0.15) is 34.3 Å². The molecular formula is C22H17Cl4F5N2O2. The van der Waals surface area contributed by atoms with Gasteiger partial charge in [0.15, 0.2) is 0 Å². The molecule has 13 heteroatoms. The molecule has 1 aliphatic rings. The fraction of sp³-hybridized carbons (Fsp3) is 0.364. The number of halogens is 9. The molecule has 0 bridgehead atoms. The highest BCUT2D eigenvalue weighted by Gasteiger charge is 2.67. The van der Waals surface area contributed by atoms with Crippen molar-refractivity contribution in [2.24, 2.45) is 5.92 Å². The number of alkyl halides is 6. The van der Waals surface area contributed by atoms with Gasteiger partial charge in [0.25, 0.3) is 5.91 Å². The lowest BCUT2D eigenvalue weighted by Crippen LogP contribution is -2.47. The molecule has 0 saturated heterocycles. The summed E-state index contributed by atoms with van der Waals surface area (Å²) in [6, 6.07) is 6.25. The first-order valence-corrected chi connectivity index (χ1v) is 11.5. The zero-order chi connectivity index (χ0) is 26.5. The molecule has 0 aliphatic heterocycles. The zero-order valence-electron chi connectivity index (χ0n) is 18.0. The number of amides is 2. The molecule has 190 valence electrons. The number of hydrogen-bond donors (Lipinski definition) is 2. The molecule has 2 aromatic carbocycles. The van der Waals surface area contributed by atoms with Gasteiger partial charge in [-0.15, -0.1) is 23.2 Å². The van der Waals surface area contributed by atoms with E-state index in [1.165, 1.54) is 25.1 Å². The van der Waals surface area contributed by atoms with Crippen molar-refractivity contribution < 1.29 is 31.5 Å². The Balaban J connectivity index is 1.78. The van der Waals surface area contributed by atoms with Gasteiger partial charge in [-0.3, -0.25) is 9.59 Å². The van der Waals surface area contributed by atoms with Crippen molar-refractivity contribution in [3.8, 4) is 0 Å². The quantitative estimate of drug-likeness (QED) is 0.275. The molecule has 2 unspecified atom stereocenters. The van der Waals surface area contributed by atoms with Crippen LogP contribution >= 0.6 is 46.4 Å². The van der Waals surface area contributed by atoms with E-state index in [4.69, 9.17) is 46.4 Å². The Morgan fingerprint density at radius 3 is 2.26 bits per heavy atom. The van der Waals surface area contributed by atoms with E-state index in [-0.39, 0.29) is 33.8 Å². The summed E-state index contributed by atoms with van der Waals surface area (Å²) in [6.45, 7) is -0.169. The van der Waals surface area contributed by atoms with Gasteiger partial charge in [-0.2, -0.15) is 8.78 Å². The van der Waals surface area contributed by atoms with E-state index < -0.39 is 52.2 Å². The zero-order valence-corrected chi connectivity index (χ0v) is 21.0. The highest BCUT2D eigenvalue weighted by molar-refractivity contribution is 6.53. The number of anilines is 1. The van der Waals surface area contributed by atoms with Crippen LogP contribution in [0.5, 0.6) is 0 Å². The summed E-state index contributed by atoms with van der Waals surface area (Å²) in [6.07, 6.45) is 0. The standard InChI is InChI=1S/C22H17Cl4F5N2O2/c1-9-12(18(34)32-8-21(30,31)20(2,28)29)6-11(7-13(9)23)33-19(35)17-16(22(17,25)26)10-3-4-15(27)14(24)5-10/h3-7,16-17H,8H2,1-2H3,(H,32,34)(H,33,35). The topological polar surface area (TPSA) is 58.2 Å². The Hall–Kier alpha value is -1.81. The minimum atomic E-state index is -4.49. The molecule has 2 amide bonds. The van der Waals surface area contributed by atoms with Crippen LogP contribution in [-0.4, -0.2) is 34.5 Å². The minimum absolute atomic E-state index is 0.00112. The van der Waals surface area contributed by atoms with Crippen LogP contribution in [0.25, 0.3) is 0 Å². The van der Waals surface area contributed by atoms with Crippen molar-refractivity contribution >= 4 is 63.9 Å². The first kappa shape index (κ1) is 27.8. The molecule has 0 radical (unpaired) electrons. The van der Waals surface area contributed by atoms with Crippen molar-refractivity contribution in [2.75, 3.05) is 11.9 Å². The normalized spacial score (nSPS) is 19.3. The van der Waals surface area contributed by atoms with Gasteiger partial charge >= 0.3 is 11.8 Å². The van der Waals surface area contributed by atoms with Gasteiger partial charge in [-0.25, -0.2) is 13.2 Å². The summed E-state index contributed by atoms with van der Waals surface area (Å²) in [7, 11) is 0. The lowest BCUT2D eigenvalue weighted by molar-refractivity contribution is -0.192. The molecular weight excluding hydrogens is 561 g/mol. The van der Waals surface area contributed by atoms with Crippen molar-refractivity contribution in [1.29, 1.82) is 0 Å². The van der Waals surface area contributed by atoms with Gasteiger partial charge in [-0.05, 0) is 42.3 Å². The molecule has 0 heterocycles. The van der Waals surface area contributed by atoms with Gasteiger partial charge in [0.1, 0.15) is 10.2 Å². The Bertz CT molecular complexity index is 1190. The van der Waals surface area contributed by atoms with E-state index in [1.54, 1.807) is 5.32 Å². The van der Waals surface area contributed by atoms with E-state index >= 15 is 0 Å². The smallest absolute Gasteiger partial charge is 0.326 e. The van der Waals surface area contributed by atoms with Crippen molar-refractivity contribution in [2.45, 2.75) is 35.9 Å². The van der Waals surface area contributed by atoms with Crippen LogP contribution in [0.2, 0.25) is 10.0 Å². The highest BCUT2D eigenvalue weighted by Crippen LogP contribution is 2.65. The Morgan fingerprint density at radius 2 is 1.69 bits per heavy atom. The number of rotatable bonds is 7. The third kappa shape index (κ3) is 5.63. The lowest BCUT2D eigenvalue weighted by atomic mass is 10.1. The average molecular weight is 578 g/mol. The second-order valence-electron chi connectivity index (χ2n) is 8.20.